The van der Waals surface area contributed by atoms with Gasteiger partial charge in [0, 0.05) is 9.99 Å². The van der Waals surface area contributed by atoms with Gasteiger partial charge >= 0.3 is 5.97 Å². The summed E-state index contributed by atoms with van der Waals surface area (Å²) >= 11 is 8.16. The van der Waals surface area contributed by atoms with Gasteiger partial charge in [-0.05, 0) is 47.6 Å². The van der Waals surface area contributed by atoms with Crippen molar-refractivity contribution in [2.45, 2.75) is 19.8 Å². The van der Waals surface area contributed by atoms with Gasteiger partial charge in [0.2, 0.25) is 0 Å². The lowest BCUT2D eigenvalue weighted by molar-refractivity contribution is -0.143. The zero-order valence-corrected chi connectivity index (χ0v) is 11.3. The first-order valence-corrected chi connectivity index (χ1v) is 6.19. The Morgan fingerprint density at radius 2 is 2.27 bits per heavy atom. The Hall–Kier alpha value is -0.290. The highest BCUT2D eigenvalue weighted by Crippen LogP contribution is 2.22. The van der Waals surface area contributed by atoms with Gasteiger partial charge in [0.1, 0.15) is 0 Å². The number of hydrogen-bond donors (Lipinski definition) is 0. The number of aryl methyl sites for hydroxylation is 1. The Morgan fingerprint density at radius 3 is 2.93 bits per heavy atom. The van der Waals surface area contributed by atoms with E-state index in [-0.39, 0.29) is 5.97 Å². The molecule has 1 rings (SSSR count). The molecule has 0 aliphatic heterocycles. The van der Waals surface area contributed by atoms with E-state index in [1.165, 1.54) is 0 Å². The fourth-order valence-corrected chi connectivity index (χ4v) is 2.03. The fraction of sp³-hybridized carbons (Fsp3) is 0.364. The number of benzene rings is 1. The minimum atomic E-state index is -0.159. The molecule has 0 fully saturated rings. The third-order valence-electron chi connectivity index (χ3n) is 1.94. The molecule has 1 aromatic carbocycles. The van der Waals surface area contributed by atoms with Crippen LogP contribution in [0.1, 0.15) is 18.9 Å². The maximum absolute atomic E-state index is 11.2. The number of carbonyl (C=O) groups is 1. The van der Waals surface area contributed by atoms with Crippen LogP contribution in [0.2, 0.25) is 5.02 Å². The van der Waals surface area contributed by atoms with Crippen LogP contribution in [0.5, 0.6) is 0 Å². The molecular weight excluding hydrogens is 326 g/mol. The monoisotopic (exact) mass is 338 g/mol. The van der Waals surface area contributed by atoms with E-state index in [4.69, 9.17) is 16.3 Å². The average Bonchev–Trinajstić information content (AvgIpc) is 2.21. The number of rotatable bonds is 4. The molecule has 82 valence electrons. The lowest BCUT2D eigenvalue weighted by Gasteiger charge is -2.05. The highest BCUT2D eigenvalue weighted by Gasteiger charge is 2.07. The van der Waals surface area contributed by atoms with Crippen LogP contribution in [-0.2, 0) is 16.0 Å². The summed E-state index contributed by atoms with van der Waals surface area (Å²) in [4.78, 5) is 11.2. The van der Waals surface area contributed by atoms with E-state index in [0.29, 0.717) is 19.4 Å². The molecule has 0 aromatic heterocycles. The second-order valence-electron chi connectivity index (χ2n) is 3.02. The third-order valence-corrected chi connectivity index (χ3v) is 3.84. The Labute approximate surface area is 108 Å². The van der Waals surface area contributed by atoms with Crippen LogP contribution in [0.25, 0.3) is 0 Å². The Bertz CT molecular complexity index is 352. The predicted molar refractivity (Wildman–Crippen MR) is 69.1 cm³/mol. The summed E-state index contributed by atoms with van der Waals surface area (Å²) < 4.78 is 5.87. The van der Waals surface area contributed by atoms with Crippen LogP contribution in [0.15, 0.2) is 18.2 Å². The normalized spacial score (nSPS) is 10.1. The molecule has 15 heavy (non-hydrogen) atoms. The minimum Gasteiger partial charge on any atom is -0.466 e. The second-order valence-corrected chi connectivity index (χ2v) is 4.50. The molecule has 0 saturated heterocycles. The molecule has 0 aliphatic carbocycles. The summed E-state index contributed by atoms with van der Waals surface area (Å²) in [6.07, 6.45) is 1.09. The van der Waals surface area contributed by atoms with Crippen molar-refractivity contribution >= 4 is 40.2 Å². The van der Waals surface area contributed by atoms with Crippen LogP contribution in [0.4, 0.5) is 0 Å². The van der Waals surface area contributed by atoms with Gasteiger partial charge in [0.25, 0.3) is 0 Å². The SMILES string of the molecule is CCOC(=O)CCc1cccc(Cl)c1I. The molecule has 0 bridgehead atoms. The molecule has 2 nitrogen and oxygen atoms in total. The standard InChI is InChI=1S/C11H12ClIO2/c1-2-15-10(14)7-6-8-4-3-5-9(12)11(8)13/h3-5H,2,6-7H2,1H3. The lowest BCUT2D eigenvalue weighted by atomic mass is 10.1. The maximum atomic E-state index is 11.2. The summed E-state index contributed by atoms with van der Waals surface area (Å²) in [6, 6.07) is 5.72. The van der Waals surface area contributed by atoms with Crippen LogP contribution in [0, 0.1) is 3.57 Å². The first-order valence-electron chi connectivity index (χ1n) is 4.73. The van der Waals surface area contributed by atoms with Crippen molar-refractivity contribution in [2.24, 2.45) is 0 Å². The Balaban J connectivity index is 2.58. The van der Waals surface area contributed by atoms with Gasteiger partial charge in [-0.15, -0.1) is 0 Å². The smallest absolute Gasteiger partial charge is 0.306 e. The fourth-order valence-electron chi connectivity index (χ4n) is 1.21. The molecule has 0 N–H and O–H groups in total. The minimum absolute atomic E-state index is 0.159. The summed E-state index contributed by atoms with van der Waals surface area (Å²) in [5, 5.41) is 0.733. The maximum Gasteiger partial charge on any atom is 0.306 e. The molecule has 0 atom stereocenters. The zero-order chi connectivity index (χ0) is 11.3. The third kappa shape index (κ3) is 3.99. The van der Waals surface area contributed by atoms with Crippen molar-refractivity contribution < 1.29 is 9.53 Å². The van der Waals surface area contributed by atoms with E-state index in [9.17, 15) is 4.79 Å². The van der Waals surface area contributed by atoms with Gasteiger partial charge in [-0.2, -0.15) is 0 Å². The molecule has 4 heteroatoms. The van der Waals surface area contributed by atoms with E-state index in [1.807, 2.05) is 18.2 Å². The molecule has 1 aromatic rings. The van der Waals surface area contributed by atoms with Gasteiger partial charge in [-0.3, -0.25) is 4.79 Å². The topological polar surface area (TPSA) is 26.3 Å². The van der Waals surface area contributed by atoms with Crippen molar-refractivity contribution in [1.29, 1.82) is 0 Å². The highest BCUT2D eigenvalue weighted by molar-refractivity contribution is 14.1. The first kappa shape index (κ1) is 12.8. The summed E-state index contributed by atoms with van der Waals surface area (Å²) in [6.45, 7) is 2.24. The summed E-state index contributed by atoms with van der Waals surface area (Å²) in [7, 11) is 0. The molecule has 0 heterocycles. The van der Waals surface area contributed by atoms with Crippen molar-refractivity contribution in [2.75, 3.05) is 6.61 Å². The number of hydrogen-bond acceptors (Lipinski definition) is 2. The van der Waals surface area contributed by atoms with E-state index >= 15 is 0 Å². The quantitative estimate of drug-likeness (QED) is 0.621. The number of halogens is 2. The Morgan fingerprint density at radius 1 is 1.53 bits per heavy atom. The van der Waals surface area contributed by atoms with Crippen molar-refractivity contribution in [3.8, 4) is 0 Å². The van der Waals surface area contributed by atoms with Gasteiger partial charge in [0.15, 0.2) is 0 Å². The first-order chi connectivity index (χ1) is 7.15. The van der Waals surface area contributed by atoms with Crippen LogP contribution in [0.3, 0.4) is 0 Å². The second kappa shape index (κ2) is 6.33. The molecule has 0 amide bonds. The molecule has 0 radical (unpaired) electrons. The highest BCUT2D eigenvalue weighted by atomic mass is 127. The summed E-state index contributed by atoms with van der Waals surface area (Å²) in [5.74, 6) is -0.159. The number of carbonyl (C=O) groups excluding carboxylic acids is 1. The molecular formula is C11H12ClIO2. The molecule has 0 aliphatic rings. The lowest BCUT2D eigenvalue weighted by Crippen LogP contribution is -2.05. The van der Waals surface area contributed by atoms with Crippen molar-refractivity contribution in [1.82, 2.24) is 0 Å². The predicted octanol–water partition coefficient (Wildman–Crippen LogP) is 3.44. The Kier molecular flexibility index (Phi) is 5.39. The van der Waals surface area contributed by atoms with E-state index < -0.39 is 0 Å². The van der Waals surface area contributed by atoms with Gasteiger partial charge in [-0.1, -0.05) is 23.7 Å². The van der Waals surface area contributed by atoms with Crippen molar-refractivity contribution in [3.63, 3.8) is 0 Å². The van der Waals surface area contributed by atoms with Crippen molar-refractivity contribution in [3.05, 3.63) is 32.4 Å². The van der Waals surface area contributed by atoms with Gasteiger partial charge in [-0.25, -0.2) is 0 Å². The number of ether oxygens (including phenoxy) is 1. The average molecular weight is 339 g/mol. The van der Waals surface area contributed by atoms with E-state index in [0.717, 1.165) is 14.2 Å². The number of esters is 1. The van der Waals surface area contributed by atoms with Gasteiger partial charge < -0.3 is 4.74 Å². The molecule has 0 saturated carbocycles. The van der Waals surface area contributed by atoms with Crippen LogP contribution < -0.4 is 0 Å². The largest absolute Gasteiger partial charge is 0.466 e. The van der Waals surface area contributed by atoms with E-state index in [1.54, 1.807) is 6.92 Å². The summed E-state index contributed by atoms with van der Waals surface area (Å²) in [5.41, 5.74) is 1.09. The molecule has 0 spiro atoms. The van der Waals surface area contributed by atoms with Gasteiger partial charge in [0.05, 0.1) is 11.6 Å². The van der Waals surface area contributed by atoms with E-state index in [2.05, 4.69) is 22.6 Å². The van der Waals surface area contributed by atoms with Crippen LogP contribution >= 0.6 is 34.2 Å². The molecule has 0 unspecified atom stereocenters. The van der Waals surface area contributed by atoms with Crippen LogP contribution in [-0.4, -0.2) is 12.6 Å². The zero-order valence-electron chi connectivity index (χ0n) is 8.43.